The summed E-state index contributed by atoms with van der Waals surface area (Å²) in [4.78, 5) is 3.90. The molecule has 4 nitrogen and oxygen atoms in total. The second kappa shape index (κ2) is 6.45. The zero-order valence-electron chi connectivity index (χ0n) is 11.2. The quantitative estimate of drug-likeness (QED) is 0.832. The van der Waals surface area contributed by atoms with E-state index in [9.17, 15) is 8.78 Å². The van der Waals surface area contributed by atoms with Crippen molar-refractivity contribution in [2.24, 2.45) is 5.73 Å². The van der Waals surface area contributed by atoms with E-state index in [1.165, 1.54) is 7.11 Å². The van der Waals surface area contributed by atoms with Crippen molar-refractivity contribution in [3.63, 3.8) is 0 Å². The minimum Gasteiger partial charge on any atom is -0.481 e. The number of methoxy groups -OCH3 is 1. The molecule has 0 aliphatic carbocycles. The Hall–Kier alpha value is -2.28. The van der Waals surface area contributed by atoms with Crippen LogP contribution in [-0.4, -0.2) is 17.1 Å². The maximum Gasteiger partial charge on any atom is 0.213 e. The average Bonchev–Trinajstić information content (AvgIpc) is 2.46. The monoisotopic (exact) mass is 309 g/mol. The molecule has 0 radical (unpaired) electrons. The van der Waals surface area contributed by atoms with E-state index in [2.05, 4.69) is 10.3 Å². The van der Waals surface area contributed by atoms with E-state index in [4.69, 9.17) is 22.7 Å². The highest BCUT2D eigenvalue weighted by Crippen LogP contribution is 2.22. The number of pyridine rings is 1. The number of nitrogens with zero attached hydrogens (tertiary/aromatic N) is 1. The zero-order chi connectivity index (χ0) is 15.4. The van der Waals surface area contributed by atoms with Crippen molar-refractivity contribution < 1.29 is 13.5 Å². The number of aromatic nitrogens is 1. The lowest BCUT2D eigenvalue weighted by atomic mass is 10.1. The predicted molar refractivity (Wildman–Crippen MR) is 80.4 cm³/mol. The SMILES string of the molecule is COc1cc(CNc2c(F)cc(C(N)=S)cc2F)ccn1. The lowest BCUT2D eigenvalue weighted by Crippen LogP contribution is -2.12. The van der Waals surface area contributed by atoms with Gasteiger partial charge in [-0.1, -0.05) is 12.2 Å². The van der Waals surface area contributed by atoms with Gasteiger partial charge in [0.25, 0.3) is 0 Å². The first kappa shape index (κ1) is 15.1. The maximum atomic E-state index is 13.9. The normalized spacial score (nSPS) is 10.2. The highest BCUT2D eigenvalue weighted by Gasteiger charge is 2.12. The molecular formula is C14H13F2N3OS. The lowest BCUT2D eigenvalue weighted by molar-refractivity contribution is 0.397. The molecule has 0 fully saturated rings. The van der Waals surface area contributed by atoms with Crippen LogP contribution in [0.5, 0.6) is 5.88 Å². The molecule has 110 valence electrons. The highest BCUT2D eigenvalue weighted by atomic mass is 32.1. The standard InChI is InChI=1S/C14H13F2N3OS/c1-20-12-4-8(2-3-18-12)7-19-13-10(15)5-9(14(17)21)6-11(13)16/h2-6,19H,7H2,1H3,(H2,17,21). The van der Waals surface area contributed by atoms with Crippen molar-refractivity contribution in [3.8, 4) is 5.88 Å². The van der Waals surface area contributed by atoms with E-state index in [-0.39, 0.29) is 22.8 Å². The second-order valence-corrected chi connectivity index (χ2v) is 4.68. The zero-order valence-corrected chi connectivity index (χ0v) is 12.0. The Morgan fingerprint density at radius 2 is 2.00 bits per heavy atom. The summed E-state index contributed by atoms with van der Waals surface area (Å²) in [5.74, 6) is -1.07. The van der Waals surface area contributed by atoms with Crippen molar-refractivity contribution in [2.75, 3.05) is 12.4 Å². The minimum atomic E-state index is -0.751. The van der Waals surface area contributed by atoms with Crippen LogP contribution in [0.3, 0.4) is 0 Å². The molecule has 2 aromatic rings. The van der Waals surface area contributed by atoms with E-state index in [1.54, 1.807) is 18.3 Å². The number of nitrogens with two attached hydrogens (primary N) is 1. The third-order valence-electron chi connectivity index (χ3n) is 2.80. The third-order valence-corrected chi connectivity index (χ3v) is 3.04. The van der Waals surface area contributed by atoms with Crippen LogP contribution < -0.4 is 15.8 Å². The molecule has 0 atom stereocenters. The van der Waals surface area contributed by atoms with Crippen LogP contribution in [0.25, 0.3) is 0 Å². The van der Waals surface area contributed by atoms with Crippen molar-refractivity contribution >= 4 is 22.9 Å². The number of rotatable bonds is 5. The van der Waals surface area contributed by atoms with Gasteiger partial charge < -0.3 is 15.8 Å². The Morgan fingerprint density at radius 1 is 1.33 bits per heavy atom. The topological polar surface area (TPSA) is 60.2 Å². The van der Waals surface area contributed by atoms with Crippen LogP contribution in [-0.2, 0) is 6.54 Å². The van der Waals surface area contributed by atoms with Gasteiger partial charge in [-0.2, -0.15) is 0 Å². The number of halogens is 2. The first-order valence-corrected chi connectivity index (χ1v) is 6.43. The molecule has 7 heteroatoms. The van der Waals surface area contributed by atoms with Gasteiger partial charge in [0.15, 0.2) is 0 Å². The summed E-state index contributed by atoms with van der Waals surface area (Å²) >= 11 is 4.70. The van der Waals surface area contributed by atoms with Crippen LogP contribution in [0, 0.1) is 11.6 Å². The van der Waals surface area contributed by atoms with E-state index in [0.29, 0.717) is 5.88 Å². The smallest absolute Gasteiger partial charge is 0.213 e. The highest BCUT2D eigenvalue weighted by molar-refractivity contribution is 7.80. The fraction of sp³-hybridized carbons (Fsp3) is 0.143. The first-order chi connectivity index (χ1) is 10.0. The van der Waals surface area contributed by atoms with Gasteiger partial charge in [-0.05, 0) is 23.8 Å². The van der Waals surface area contributed by atoms with E-state index in [1.807, 2.05) is 0 Å². The maximum absolute atomic E-state index is 13.9. The number of hydrogen-bond donors (Lipinski definition) is 2. The summed E-state index contributed by atoms with van der Waals surface area (Å²) in [7, 11) is 1.49. The van der Waals surface area contributed by atoms with Gasteiger partial charge in [0, 0.05) is 24.4 Å². The summed E-state index contributed by atoms with van der Waals surface area (Å²) in [5.41, 5.74) is 6.05. The van der Waals surface area contributed by atoms with Crippen molar-refractivity contribution in [1.82, 2.24) is 4.98 Å². The molecule has 0 spiro atoms. The van der Waals surface area contributed by atoms with E-state index >= 15 is 0 Å². The molecule has 1 aromatic heterocycles. The number of anilines is 1. The minimum absolute atomic E-state index is 0.0572. The summed E-state index contributed by atoms with van der Waals surface area (Å²) < 4.78 is 32.7. The Kier molecular flexibility index (Phi) is 4.64. The molecule has 0 saturated heterocycles. The van der Waals surface area contributed by atoms with Crippen LogP contribution in [0.1, 0.15) is 11.1 Å². The van der Waals surface area contributed by atoms with Crippen LogP contribution in [0.4, 0.5) is 14.5 Å². The third kappa shape index (κ3) is 3.63. The summed E-state index contributed by atoms with van der Waals surface area (Å²) in [6, 6.07) is 5.59. The van der Waals surface area contributed by atoms with Gasteiger partial charge in [-0.15, -0.1) is 0 Å². The second-order valence-electron chi connectivity index (χ2n) is 4.24. The molecular weight excluding hydrogens is 296 g/mol. The molecule has 21 heavy (non-hydrogen) atoms. The largest absolute Gasteiger partial charge is 0.481 e. The predicted octanol–water partition coefficient (Wildman–Crippen LogP) is 2.61. The number of hydrogen-bond acceptors (Lipinski definition) is 4. The molecule has 0 saturated carbocycles. The molecule has 1 aromatic carbocycles. The molecule has 0 unspecified atom stereocenters. The molecule has 0 bridgehead atoms. The lowest BCUT2D eigenvalue weighted by Gasteiger charge is -2.11. The van der Waals surface area contributed by atoms with Gasteiger partial charge in [0.1, 0.15) is 22.3 Å². The Labute approximate surface area is 125 Å². The molecule has 1 heterocycles. The molecule has 0 amide bonds. The van der Waals surface area contributed by atoms with E-state index in [0.717, 1.165) is 17.7 Å². The van der Waals surface area contributed by atoms with Gasteiger partial charge >= 0.3 is 0 Å². The number of thiocarbonyl (C=S) groups is 1. The summed E-state index contributed by atoms with van der Waals surface area (Å²) in [6.45, 7) is 0.221. The first-order valence-electron chi connectivity index (χ1n) is 6.03. The van der Waals surface area contributed by atoms with Gasteiger partial charge in [0.2, 0.25) is 5.88 Å². The Bertz CT molecular complexity index is 656. The fourth-order valence-electron chi connectivity index (χ4n) is 1.75. The fourth-order valence-corrected chi connectivity index (χ4v) is 1.86. The molecule has 2 rings (SSSR count). The van der Waals surface area contributed by atoms with Crippen LogP contribution in [0.15, 0.2) is 30.5 Å². The Balaban J connectivity index is 2.18. The molecule has 0 aliphatic heterocycles. The number of ether oxygens (including phenoxy) is 1. The van der Waals surface area contributed by atoms with Crippen LogP contribution >= 0.6 is 12.2 Å². The Morgan fingerprint density at radius 3 is 2.57 bits per heavy atom. The molecule has 3 N–H and O–H groups in total. The van der Waals surface area contributed by atoms with Gasteiger partial charge in [-0.3, -0.25) is 0 Å². The number of nitrogens with one attached hydrogen (secondary N) is 1. The van der Waals surface area contributed by atoms with Gasteiger partial charge in [0.05, 0.1) is 7.11 Å². The summed E-state index contributed by atoms with van der Waals surface area (Å²) in [6.07, 6.45) is 1.55. The van der Waals surface area contributed by atoms with E-state index < -0.39 is 11.6 Å². The summed E-state index contributed by atoms with van der Waals surface area (Å²) in [5, 5.41) is 2.70. The van der Waals surface area contributed by atoms with Crippen molar-refractivity contribution in [1.29, 1.82) is 0 Å². The average molecular weight is 309 g/mol. The van der Waals surface area contributed by atoms with Crippen LogP contribution in [0.2, 0.25) is 0 Å². The number of benzene rings is 1. The van der Waals surface area contributed by atoms with Crippen molar-refractivity contribution in [2.45, 2.75) is 6.54 Å². The van der Waals surface area contributed by atoms with Gasteiger partial charge in [-0.25, -0.2) is 13.8 Å². The molecule has 0 aliphatic rings. The van der Waals surface area contributed by atoms with Crippen molar-refractivity contribution in [3.05, 3.63) is 53.2 Å².